The lowest BCUT2D eigenvalue weighted by Gasteiger charge is -2.34. The van der Waals surface area contributed by atoms with Gasteiger partial charge in [-0.25, -0.2) is 15.0 Å². The molecule has 38 heavy (non-hydrogen) atoms. The number of aromatic nitrogens is 3. The molecule has 4 heterocycles. The number of rotatable bonds is 8. The van der Waals surface area contributed by atoms with E-state index in [0.717, 1.165) is 38.2 Å². The summed E-state index contributed by atoms with van der Waals surface area (Å²) in [7, 11) is 2.15. The molecule has 0 aliphatic carbocycles. The molecular formula is C28H34N8O2. The summed E-state index contributed by atoms with van der Waals surface area (Å²) in [5, 5.41) is 17.5. The Morgan fingerprint density at radius 1 is 1.11 bits per heavy atom. The standard InChI is InChI=1S/C28H34N8O2/c1-5-13-35-23(19-37)22-18-29-27(30-20-9-11-21(12-10-20)34-16-14-33(4)15-17-34)32-26(22)36(35)25-8-6-7-24(31-25)28(2,3)38/h5-12,18-19,23,38H,1,13-17H2,2-4H3,(H,29,30,32). The molecule has 1 aromatic carbocycles. The van der Waals surface area contributed by atoms with E-state index in [1.165, 1.54) is 5.69 Å². The highest BCUT2D eigenvalue weighted by molar-refractivity contribution is 5.75. The Kier molecular flexibility index (Phi) is 7.11. The number of piperazine rings is 1. The number of likely N-dealkylation sites (N-methyl/N-ethyl adjacent to an activating group) is 1. The summed E-state index contributed by atoms with van der Waals surface area (Å²) < 4.78 is 0. The minimum atomic E-state index is -1.12. The summed E-state index contributed by atoms with van der Waals surface area (Å²) in [6, 6.07) is 13.1. The Bertz CT molecular complexity index is 1300. The molecule has 0 radical (unpaired) electrons. The van der Waals surface area contributed by atoms with Gasteiger partial charge in [0.1, 0.15) is 23.7 Å². The lowest BCUT2D eigenvalue weighted by molar-refractivity contribution is -0.112. The molecule has 3 aromatic rings. The first-order chi connectivity index (χ1) is 18.3. The van der Waals surface area contributed by atoms with Crippen LogP contribution >= 0.6 is 0 Å². The highest BCUT2D eigenvalue weighted by Crippen LogP contribution is 2.42. The van der Waals surface area contributed by atoms with Crippen LogP contribution in [0.15, 0.2) is 61.3 Å². The smallest absolute Gasteiger partial charge is 0.229 e. The number of hydrogen-bond donors (Lipinski definition) is 2. The number of hydrazine groups is 1. The summed E-state index contributed by atoms with van der Waals surface area (Å²) in [4.78, 5) is 30.9. The van der Waals surface area contributed by atoms with Gasteiger partial charge in [-0.15, -0.1) is 6.58 Å². The topological polar surface area (TPSA) is 101 Å². The highest BCUT2D eigenvalue weighted by Gasteiger charge is 2.39. The fourth-order valence-corrected chi connectivity index (χ4v) is 4.77. The van der Waals surface area contributed by atoms with Crippen molar-refractivity contribution in [3.8, 4) is 0 Å². The maximum absolute atomic E-state index is 12.2. The SMILES string of the molecule is C=CCN1C(C=O)c2cnc(Nc3ccc(N4CCN(C)CC4)cc3)nc2N1c1cccc(C(C)(C)O)n1. The molecule has 2 aliphatic heterocycles. The van der Waals surface area contributed by atoms with E-state index in [4.69, 9.17) is 9.97 Å². The van der Waals surface area contributed by atoms with Gasteiger partial charge in [0.2, 0.25) is 5.95 Å². The predicted octanol–water partition coefficient (Wildman–Crippen LogP) is 3.39. The largest absolute Gasteiger partial charge is 0.384 e. The molecule has 5 rings (SSSR count). The van der Waals surface area contributed by atoms with Gasteiger partial charge in [0.25, 0.3) is 0 Å². The quantitative estimate of drug-likeness (QED) is 0.344. The van der Waals surface area contributed by atoms with Gasteiger partial charge in [0, 0.05) is 55.9 Å². The monoisotopic (exact) mass is 514 g/mol. The van der Waals surface area contributed by atoms with Gasteiger partial charge in [-0.1, -0.05) is 12.1 Å². The molecule has 2 N–H and O–H groups in total. The van der Waals surface area contributed by atoms with Crippen LogP contribution in [0.2, 0.25) is 0 Å². The van der Waals surface area contributed by atoms with Crippen molar-refractivity contribution in [3.63, 3.8) is 0 Å². The molecule has 10 nitrogen and oxygen atoms in total. The summed E-state index contributed by atoms with van der Waals surface area (Å²) >= 11 is 0. The Hall–Kier alpha value is -3.86. The molecular weight excluding hydrogens is 480 g/mol. The molecule has 0 amide bonds. The number of nitrogens with one attached hydrogen (secondary N) is 1. The van der Waals surface area contributed by atoms with Crippen molar-refractivity contribution in [2.24, 2.45) is 0 Å². The first-order valence-corrected chi connectivity index (χ1v) is 12.8. The Labute approximate surface area is 223 Å². The van der Waals surface area contributed by atoms with E-state index in [1.54, 1.807) is 37.2 Å². The second kappa shape index (κ2) is 10.5. The Morgan fingerprint density at radius 2 is 1.84 bits per heavy atom. The number of aldehydes is 1. The molecule has 1 atom stereocenters. The maximum atomic E-state index is 12.2. The molecule has 1 saturated heterocycles. The van der Waals surface area contributed by atoms with Crippen molar-refractivity contribution in [1.82, 2.24) is 24.9 Å². The molecule has 198 valence electrons. The van der Waals surface area contributed by atoms with E-state index in [2.05, 4.69) is 45.9 Å². The zero-order chi connectivity index (χ0) is 26.9. The molecule has 0 spiro atoms. The van der Waals surface area contributed by atoms with Crippen LogP contribution in [-0.4, -0.2) is 76.0 Å². The van der Waals surface area contributed by atoms with E-state index in [-0.39, 0.29) is 0 Å². The third kappa shape index (κ3) is 5.10. The van der Waals surface area contributed by atoms with Gasteiger partial charge in [-0.05, 0) is 57.3 Å². The molecule has 0 saturated carbocycles. The summed E-state index contributed by atoms with van der Waals surface area (Å²) in [5.41, 5.74) is 2.12. The lowest BCUT2D eigenvalue weighted by Crippen LogP contribution is -2.44. The zero-order valence-electron chi connectivity index (χ0n) is 22.1. The number of benzene rings is 1. The fourth-order valence-electron chi connectivity index (χ4n) is 4.77. The number of nitrogens with zero attached hydrogens (tertiary/aromatic N) is 7. The maximum Gasteiger partial charge on any atom is 0.229 e. The molecule has 1 unspecified atom stereocenters. The molecule has 0 bridgehead atoms. The van der Waals surface area contributed by atoms with Crippen LogP contribution in [0.3, 0.4) is 0 Å². The minimum Gasteiger partial charge on any atom is -0.384 e. The van der Waals surface area contributed by atoms with E-state index < -0.39 is 11.6 Å². The molecule has 2 aromatic heterocycles. The first-order valence-electron chi connectivity index (χ1n) is 12.8. The Morgan fingerprint density at radius 3 is 2.50 bits per heavy atom. The average molecular weight is 515 g/mol. The van der Waals surface area contributed by atoms with E-state index >= 15 is 0 Å². The first kappa shape index (κ1) is 25.8. The second-order valence-electron chi connectivity index (χ2n) is 10.2. The van der Waals surface area contributed by atoms with Crippen molar-refractivity contribution >= 4 is 35.2 Å². The molecule has 2 aliphatic rings. The van der Waals surface area contributed by atoms with Crippen LogP contribution in [0.25, 0.3) is 0 Å². The van der Waals surface area contributed by atoms with Gasteiger partial charge in [0.15, 0.2) is 5.82 Å². The van der Waals surface area contributed by atoms with Gasteiger partial charge in [-0.3, -0.25) is 0 Å². The van der Waals surface area contributed by atoms with Crippen molar-refractivity contribution in [2.75, 3.05) is 55.0 Å². The number of pyridine rings is 1. The van der Waals surface area contributed by atoms with Crippen LogP contribution in [0.1, 0.15) is 31.1 Å². The zero-order valence-corrected chi connectivity index (χ0v) is 22.1. The van der Waals surface area contributed by atoms with Crippen LogP contribution in [-0.2, 0) is 10.4 Å². The van der Waals surface area contributed by atoms with Crippen LogP contribution in [0, 0.1) is 0 Å². The predicted molar refractivity (Wildman–Crippen MR) is 149 cm³/mol. The van der Waals surface area contributed by atoms with E-state index in [9.17, 15) is 9.90 Å². The summed E-state index contributed by atoms with van der Waals surface area (Å²) in [6.45, 7) is 11.8. The number of anilines is 5. The van der Waals surface area contributed by atoms with E-state index in [0.29, 0.717) is 35.4 Å². The van der Waals surface area contributed by atoms with Gasteiger partial charge < -0.3 is 25.0 Å². The highest BCUT2D eigenvalue weighted by atomic mass is 16.3. The van der Waals surface area contributed by atoms with Gasteiger partial charge in [0.05, 0.1) is 5.69 Å². The number of carbonyl (C=O) groups is 1. The summed E-state index contributed by atoms with van der Waals surface area (Å²) in [5.74, 6) is 1.50. The van der Waals surface area contributed by atoms with Crippen molar-refractivity contribution in [3.05, 3.63) is 72.6 Å². The van der Waals surface area contributed by atoms with Gasteiger partial charge in [-0.2, -0.15) is 9.99 Å². The molecule has 1 fully saturated rings. The Balaban J connectivity index is 1.45. The number of carbonyl (C=O) groups excluding carboxylic acids is 1. The number of aliphatic hydroxyl groups is 1. The third-order valence-electron chi connectivity index (χ3n) is 6.91. The second-order valence-corrected chi connectivity index (χ2v) is 10.2. The number of fused-ring (bicyclic) bond motifs is 1. The van der Waals surface area contributed by atoms with Crippen molar-refractivity contribution in [2.45, 2.75) is 25.5 Å². The normalized spacial score (nSPS) is 18.4. The van der Waals surface area contributed by atoms with Crippen molar-refractivity contribution < 1.29 is 9.90 Å². The minimum absolute atomic E-state index is 0.394. The van der Waals surface area contributed by atoms with Crippen LogP contribution < -0.4 is 15.2 Å². The van der Waals surface area contributed by atoms with Gasteiger partial charge >= 0.3 is 0 Å². The van der Waals surface area contributed by atoms with Crippen LogP contribution in [0.5, 0.6) is 0 Å². The number of hydrogen-bond acceptors (Lipinski definition) is 10. The molecule has 10 heteroatoms. The van der Waals surface area contributed by atoms with Crippen LogP contribution in [0.4, 0.5) is 29.0 Å². The average Bonchev–Trinajstić information content (AvgIpc) is 3.21. The third-order valence-corrected chi connectivity index (χ3v) is 6.91. The van der Waals surface area contributed by atoms with Crippen molar-refractivity contribution in [1.29, 1.82) is 0 Å². The lowest BCUT2D eigenvalue weighted by atomic mass is 10.1. The van der Waals surface area contributed by atoms with E-state index in [1.807, 2.05) is 29.3 Å². The summed E-state index contributed by atoms with van der Waals surface area (Å²) in [6.07, 6.45) is 4.28. The fraction of sp³-hybridized carbons (Fsp3) is 0.357.